The Hall–Kier alpha value is -2.56. The maximum atomic E-state index is 13.9. The maximum Gasteiger partial charge on any atom is 0.251 e. The second-order valence-corrected chi connectivity index (χ2v) is 5.68. The number of amides is 1. The standard InChI is InChI=1S/C17H16FNO3/c18-15-4-2-1-3-14(15)17(5-6-17)10-19-16(22)11-7-12(20)9-13(21)8-11/h1-4,7-9,20-21H,5-6,10H2,(H,19,22). The molecule has 0 radical (unpaired) electrons. The van der Waals surface area contributed by atoms with Crippen LogP contribution in [0.4, 0.5) is 4.39 Å². The second-order valence-electron chi connectivity index (χ2n) is 5.68. The van der Waals surface area contributed by atoms with Crippen LogP contribution >= 0.6 is 0 Å². The average Bonchev–Trinajstić information content (AvgIpc) is 3.25. The molecule has 3 rings (SSSR count). The lowest BCUT2D eigenvalue weighted by molar-refractivity contribution is 0.0948. The van der Waals surface area contributed by atoms with E-state index in [9.17, 15) is 19.4 Å². The van der Waals surface area contributed by atoms with Crippen LogP contribution < -0.4 is 5.32 Å². The summed E-state index contributed by atoms with van der Waals surface area (Å²) in [7, 11) is 0. The number of phenols is 2. The lowest BCUT2D eigenvalue weighted by atomic mass is 9.95. The Kier molecular flexibility index (Phi) is 3.48. The first-order valence-electron chi connectivity index (χ1n) is 7.06. The molecule has 2 aromatic carbocycles. The van der Waals surface area contributed by atoms with Gasteiger partial charge in [-0.3, -0.25) is 4.79 Å². The highest BCUT2D eigenvalue weighted by molar-refractivity contribution is 5.95. The summed E-state index contributed by atoms with van der Waals surface area (Å²) < 4.78 is 13.9. The molecule has 0 atom stereocenters. The number of hydrogen-bond acceptors (Lipinski definition) is 3. The third-order valence-corrected chi connectivity index (χ3v) is 4.05. The van der Waals surface area contributed by atoms with Gasteiger partial charge in [-0.2, -0.15) is 0 Å². The van der Waals surface area contributed by atoms with E-state index >= 15 is 0 Å². The van der Waals surface area contributed by atoms with Crippen LogP contribution in [0.15, 0.2) is 42.5 Å². The van der Waals surface area contributed by atoms with Gasteiger partial charge in [-0.25, -0.2) is 4.39 Å². The average molecular weight is 301 g/mol. The van der Waals surface area contributed by atoms with Gasteiger partial charge in [-0.05, 0) is 36.6 Å². The molecule has 2 aromatic rings. The molecule has 3 N–H and O–H groups in total. The molecule has 0 aromatic heterocycles. The first-order chi connectivity index (χ1) is 10.5. The van der Waals surface area contributed by atoms with Crippen LogP contribution in [0, 0.1) is 5.82 Å². The third kappa shape index (κ3) is 2.74. The number of rotatable bonds is 4. The number of hydrogen-bond donors (Lipinski definition) is 3. The highest BCUT2D eigenvalue weighted by atomic mass is 19.1. The minimum absolute atomic E-state index is 0.168. The largest absolute Gasteiger partial charge is 0.508 e. The number of benzene rings is 2. The van der Waals surface area contributed by atoms with Crippen LogP contribution in [0.3, 0.4) is 0 Å². The Labute approximate surface area is 127 Å². The van der Waals surface area contributed by atoms with Crippen LogP contribution in [0.5, 0.6) is 11.5 Å². The molecule has 1 aliphatic carbocycles. The smallest absolute Gasteiger partial charge is 0.251 e. The van der Waals surface area contributed by atoms with Gasteiger partial charge in [0.25, 0.3) is 5.91 Å². The van der Waals surface area contributed by atoms with Crippen LogP contribution in [-0.4, -0.2) is 22.7 Å². The molecule has 1 saturated carbocycles. The molecule has 4 nitrogen and oxygen atoms in total. The molecule has 0 unspecified atom stereocenters. The van der Waals surface area contributed by atoms with Gasteiger partial charge in [-0.15, -0.1) is 0 Å². The van der Waals surface area contributed by atoms with Crippen molar-refractivity contribution in [2.45, 2.75) is 18.3 Å². The maximum absolute atomic E-state index is 13.9. The molecule has 1 amide bonds. The molecule has 5 heteroatoms. The molecule has 114 valence electrons. The van der Waals surface area contributed by atoms with Crippen molar-refractivity contribution in [3.8, 4) is 11.5 Å². The zero-order chi connectivity index (χ0) is 15.7. The predicted molar refractivity (Wildman–Crippen MR) is 79.4 cm³/mol. The Morgan fingerprint density at radius 2 is 1.77 bits per heavy atom. The first kappa shape index (κ1) is 14.4. The van der Waals surface area contributed by atoms with Gasteiger partial charge in [0.15, 0.2) is 0 Å². The monoisotopic (exact) mass is 301 g/mol. The fourth-order valence-corrected chi connectivity index (χ4v) is 2.66. The summed E-state index contributed by atoms with van der Waals surface area (Å²) in [4.78, 5) is 12.1. The van der Waals surface area contributed by atoms with Gasteiger partial charge in [-0.1, -0.05) is 18.2 Å². The minimum atomic E-state index is -0.409. The highest BCUT2D eigenvalue weighted by Gasteiger charge is 2.46. The van der Waals surface area contributed by atoms with Crippen molar-refractivity contribution in [3.05, 3.63) is 59.4 Å². The third-order valence-electron chi connectivity index (χ3n) is 4.05. The second kappa shape index (κ2) is 5.33. The topological polar surface area (TPSA) is 69.6 Å². The number of carbonyl (C=O) groups is 1. The predicted octanol–water partition coefficient (Wildman–Crippen LogP) is 2.70. The van der Waals surface area contributed by atoms with Gasteiger partial charge in [0, 0.05) is 23.6 Å². The van der Waals surface area contributed by atoms with Crippen LogP contribution in [0.25, 0.3) is 0 Å². The SMILES string of the molecule is O=C(NCC1(c2ccccc2F)CC1)c1cc(O)cc(O)c1. The fraction of sp³-hybridized carbons (Fsp3) is 0.235. The van der Waals surface area contributed by atoms with Crippen LogP contribution in [0.1, 0.15) is 28.8 Å². The van der Waals surface area contributed by atoms with E-state index in [-0.39, 0.29) is 28.3 Å². The summed E-state index contributed by atoms with van der Waals surface area (Å²) in [6, 6.07) is 10.3. The molecule has 0 heterocycles. The van der Waals surface area contributed by atoms with Crippen molar-refractivity contribution in [3.63, 3.8) is 0 Å². The molecule has 1 fully saturated rings. The van der Waals surface area contributed by atoms with Crippen molar-refractivity contribution in [2.75, 3.05) is 6.54 Å². The Morgan fingerprint density at radius 1 is 1.14 bits per heavy atom. The van der Waals surface area contributed by atoms with Crippen LogP contribution in [0.2, 0.25) is 0 Å². The Bertz CT molecular complexity index is 705. The van der Waals surface area contributed by atoms with E-state index < -0.39 is 5.91 Å². The van der Waals surface area contributed by atoms with E-state index in [0.717, 1.165) is 18.9 Å². The van der Waals surface area contributed by atoms with Crippen molar-refractivity contribution < 1.29 is 19.4 Å². The minimum Gasteiger partial charge on any atom is -0.508 e. The number of halogens is 1. The molecular formula is C17H16FNO3. The van der Waals surface area contributed by atoms with E-state index in [2.05, 4.69) is 5.32 Å². The summed E-state index contributed by atoms with van der Waals surface area (Å²) in [5, 5.41) is 21.6. The highest BCUT2D eigenvalue weighted by Crippen LogP contribution is 2.48. The fourth-order valence-electron chi connectivity index (χ4n) is 2.66. The molecule has 0 bridgehead atoms. The van der Waals surface area contributed by atoms with E-state index in [4.69, 9.17) is 0 Å². The zero-order valence-electron chi connectivity index (χ0n) is 11.8. The number of aromatic hydroxyl groups is 2. The summed E-state index contributed by atoms with van der Waals surface area (Å²) in [5.74, 6) is -1.03. The summed E-state index contributed by atoms with van der Waals surface area (Å²) in [6.45, 7) is 0.323. The summed E-state index contributed by atoms with van der Waals surface area (Å²) in [5.41, 5.74) is 0.441. The lowest BCUT2D eigenvalue weighted by Gasteiger charge is -2.17. The first-order valence-corrected chi connectivity index (χ1v) is 7.06. The van der Waals surface area contributed by atoms with Crippen molar-refractivity contribution in [1.82, 2.24) is 5.32 Å². The molecular weight excluding hydrogens is 285 g/mol. The lowest BCUT2D eigenvalue weighted by Crippen LogP contribution is -2.32. The van der Waals surface area contributed by atoms with Crippen LogP contribution in [-0.2, 0) is 5.41 Å². The zero-order valence-corrected chi connectivity index (χ0v) is 11.8. The van der Waals surface area contributed by atoms with Gasteiger partial charge in [0.1, 0.15) is 17.3 Å². The van der Waals surface area contributed by atoms with Gasteiger partial charge < -0.3 is 15.5 Å². The normalized spacial score (nSPS) is 15.3. The number of phenolic OH excluding ortho intramolecular Hbond substituents is 2. The number of nitrogens with one attached hydrogen (secondary N) is 1. The summed E-state index contributed by atoms with van der Waals surface area (Å²) >= 11 is 0. The Balaban J connectivity index is 1.72. The van der Waals surface area contributed by atoms with E-state index in [0.29, 0.717) is 12.1 Å². The van der Waals surface area contributed by atoms with E-state index in [1.54, 1.807) is 18.2 Å². The van der Waals surface area contributed by atoms with Gasteiger partial charge in [0.05, 0.1) is 0 Å². The van der Waals surface area contributed by atoms with Crippen molar-refractivity contribution in [2.24, 2.45) is 0 Å². The van der Waals surface area contributed by atoms with E-state index in [1.807, 2.05) is 0 Å². The summed E-state index contributed by atoms with van der Waals surface area (Å²) in [6.07, 6.45) is 1.64. The number of carbonyl (C=O) groups excluding carboxylic acids is 1. The van der Waals surface area contributed by atoms with E-state index in [1.165, 1.54) is 18.2 Å². The quantitative estimate of drug-likeness (QED) is 0.813. The molecule has 1 aliphatic rings. The molecule has 0 aliphatic heterocycles. The van der Waals surface area contributed by atoms with Gasteiger partial charge in [0.2, 0.25) is 0 Å². The Morgan fingerprint density at radius 3 is 2.36 bits per heavy atom. The molecule has 22 heavy (non-hydrogen) atoms. The van der Waals surface area contributed by atoms with Crippen molar-refractivity contribution in [1.29, 1.82) is 0 Å². The van der Waals surface area contributed by atoms with Gasteiger partial charge >= 0.3 is 0 Å². The van der Waals surface area contributed by atoms with Crippen molar-refractivity contribution >= 4 is 5.91 Å². The molecule has 0 spiro atoms. The molecule has 0 saturated heterocycles.